The molecule has 102 valence electrons. The second-order valence-corrected chi connectivity index (χ2v) is 5.90. The van der Waals surface area contributed by atoms with Gasteiger partial charge in [-0.3, -0.25) is 0 Å². The molecule has 1 heterocycles. The van der Waals surface area contributed by atoms with E-state index < -0.39 is 0 Å². The molecule has 2 aromatic rings. The fourth-order valence-corrected chi connectivity index (χ4v) is 2.92. The minimum Gasteiger partial charge on any atom is -0.496 e. The fraction of sp³-hybridized carbons (Fsp3) is 0.375. The third kappa shape index (κ3) is 3.58. The maximum atomic E-state index is 5.44. The van der Waals surface area contributed by atoms with Gasteiger partial charge in [0.05, 0.1) is 7.11 Å². The van der Waals surface area contributed by atoms with E-state index >= 15 is 0 Å². The Labute approximate surface area is 119 Å². The first-order valence-corrected chi connectivity index (χ1v) is 7.50. The van der Waals surface area contributed by atoms with Crippen LogP contribution in [0, 0.1) is 6.92 Å². The zero-order valence-corrected chi connectivity index (χ0v) is 12.6. The molecule has 0 aliphatic heterocycles. The number of methoxy groups -OCH3 is 1. The van der Waals surface area contributed by atoms with Crippen LogP contribution in [0.1, 0.15) is 23.8 Å². The lowest BCUT2D eigenvalue weighted by Crippen LogP contribution is -2.14. The van der Waals surface area contributed by atoms with Crippen LogP contribution < -0.4 is 10.1 Å². The van der Waals surface area contributed by atoms with Gasteiger partial charge in [-0.1, -0.05) is 6.92 Å². The molecule has 1 aromatic carbocycles. The van der Waals surface area contributed by atoms with E-state index in [1.165, 1.54) is 20.9 Å². The first-order valence-electron chi connectivity index (χ1n) is 6.69. The van der Waals surface area contributed by atoms with Crippen LogP contribution in [0.25, 0.3) is 10.4 Å². The summed E-state index contributed by atoms with van der Waals surface area (Å²) in [5, 5.41) is 3.43. The highest BCUT2D eigenvalue weighted by Gasteiger charge is 2.07. The minimum absolute atomic E-state index is 0.856. The Balaban J connectivity index is 2.24. The number of hydrogen-bond donors (Lipinski definition) is 1. The van der Waals surface area contributed by atoms with Crippen LogP contribution in [0.3, 0.4) is 0 Å². The third-order valence-corrected chi connectivity index (χ3v) is 4.10. The average molecular weight is 275 g/mol. The van der Waals surface area contributed by atoms with E-state index in [9.17, 15) is 0 Å². The Morgan fingerprint density at radius 1 is 1.21 bits per heavy atom. The van der Waals surface area contributed by atoms with Crippen molar-refractivity contribution in [3.05, 3.63) is 40.8 Å². The molecule has 0 radical (unpaired) electrons. The predicted molar refractivity (Wildman–Crippen MR) is 83.0 cm³/mol. The molecule has 3 heteroatoms. The van der Waals surface area contributed by atoms with E-state index in [4.69, 9.17) is 4.74 Å². The lowest BCUT2D eigenvalue weighted by molar-refractivity contribution is 0.408. The number of nitrogens with one attached hydrogen (secondary N) is 1. The molecule has 0 aliphatic carbocycles. The van der Waals surface area contributed by atoms with E-state index in [0.29, 0.717) is 0 Å². The summed E-state index contributed by atoms with van der Waals surface area (Å²) in [5.41, 5.74) is 2.49. The zero-order chi connectivity index (χ0) is 13.7. The summed E-state index contributed by atoms with van der Waals surface area (Å²) in [6.07, 6.45) is 1.14. The predicted octanol–water partition coefficient (Wildman–Crippen LogP) is 4.23. The summed E-state index contributed by atoms with van der Waals surface area (Å²) < 4.78 is 5.44. The van der Waals surface area contributed by atoms with Gasteiger partial charge in [0.25, 0.3) is 0 Å². The first kappa shape index (κ1) is 14.1. The van der Waals surface area contributed by atoms with Crippen LogP contribution in [0.2, 0.25) is 0 Å². The molecule has 0 spiro atoms. The van der Waals surface area contributed by atoms with E-state index in [1.54, 1.807) is 7.11 Å². The molecule has 0 amide bonds. The summed E-state index contributed by atoms with van der Waals surface area (Å²) in [6, 6.07) is 10.8. The second kappa shape index (κ2) is 6.73. The van der Waals surface area contributed by atoms with Crippen molar-refractivity contribution >= 4 is 11.3 Å². The maximum Gasteiger partial charge on any atom is 0.123 e. The van der Waals surface area contributed by atoms with Crippen LogP contribution in [0.4, 0.5) is 0 Å². The Kier molecular flexibility index (Phi) is 5.00. The first-order chi connectivity index (χ1) is 9.24. The molecular formula is C16H21NOS. The summed E-state index contributed by atoms with van der Waals surface area (Å²) in [6.45, 7) is 6.21. The Bertz CT molecular complexity index is 533. The average Bonchev–Trinajstić information content (AvgIpc) is 2.85. The number of aryl methyl sites for hydroxylation is 1. The topological polar surface area (TPSA) is 21.3 Å². The molecule has 0 saturated carbocycles. The van der Waals surface area contributed by atoms with Crippen molar-refractivity contribution in [2.75, 3.05) is 13.7 Å². The summed E-state index contributed by atoms with van der Waals surface area (Å²) >= 11 is 1.83. The molecule has 0 aliphatic rings. The number of thiophene rings is 1. The number of benzene rings is 1. The summed E-state index contributed by atoms with van der Waals surface area (Å²) in [4.78, 5) is 2.66. The molecule has 0 saturated heterocycles. The van der Waals surface area contributed by atoms with E-state index in [-0.39, 0.29) is 0 Å². The molecule has 0 bridgehead atoms. The van der Waals surface area contributed by atoms with Crippen LogP contribution in [-0.2, 0) is 6.54 Å². The van der Waals surface area contributed by atoms with Crippen LogP contribution in [-0.4, -0.2) is 13.7 Å². The summed E-state index contributed by atoms with van der Waals surface area (Å²) in [7, 11) is 1.73. The minimum atomic E-state index is 0.856. The molecule has 0 unspecified atom stereocenters. The molecule has 2 rings (SSSR count). The highest BCUT2D eigenvalue weighted by molar-refractivity contribution is 7.15. The molecule has 1 aromatic heterocycles. The van der Waals surface area contributed by atoms with Crippen LogP contribution in [0.5, 0.6) is 5.75 Å². The van der Waals surface area contributed by atoms with Gasteiger partial charge in [-0.2, -0.15) is 0 Å². The standard InChI is InChI=1S/C16H21NOS/c1-4-9-17-11-14-10-13(6-7-15(14)18-3)16-8-5-12(2)19-16/h5-8,10,17H,4,9,11H2,1-3H3. The van der Waals surface area contributed by atoms with E-state index in [0.717, 1.165) is 25.3 Å². The largest absolute Gasteiger partial charge is 0.496 e. The lowest BCUT2D eigenvalue weighted by atomic mass is 10.1. The second-order valence-electron chi connectivity index (χ2n) is 4.61. The van der Waals surface area contributed by atoms with E-state index in [1.807, 2.05) is 11.3 Å². The smallest absolute Gasteiger partial charge is 0.123 e. The fourth-order valence-electron chi connectivity index (χ4n) is 2.06. The Morgan fingerprint density at radius 2 is 2.05 bits per heavy atom. The van der Waals surface area contributed by atoms with Gasteiger partial charge in [-0.15, -0.1) is 11.3 Å². The normalized spacial score (nSPS) is 10.7. The van der Waals surface area contributed by atoms with Gasteiger partial charge in [0.1, 0.15) is 5.75 Å². The van der Waals surface area contributed by atoms with Crippen molar-refractivity contribution < 1.29 is 4.74 Å². The van der Waals surface area contributed by atoms with Crippen LogP contribution in [0.15, 0.2) is 30.3 Å². The molecular weight excluding hydrogens is 254 g/mol. The van der Waals surface area contributed by atoms with Crippen LogP contribution >= 0.6 is 11.3 Å². The van der Waals surface area contributed by atoms with Gasteiger partial charge in [-0.05, 0) is 55.8 Å². The number of rotatable bonds is 6. The van der Waals surface area contributed by atoms with E-state index in [2.05, 4.69) is 49.5 Å². The van der Waals surface area contributed by atoms with Gasteiger partial charge in [0.2, 0.25) is 0 Å². The third-order valence-electron chi connectivity index (χ3n) is 3.05. The van der Waals surface area contributed by atoms with Gasteiger partial charge in [0, 0.05) is 21.9 Å². The van der Waals surface area contributed by atoms with Crippen molar-refractivity contribution in [2.24, 2.45) is 0 Å². The van der Waals surface area contributed by atoms with Crippen molar-refractivity contribution in [3.63, 3.8) is 0 Å². The quantitative estimate of drug-likeness (QED) is 0.797. The highest BCUT2D eigenvalue weighted by Crippen LogP contribution is 2.31. The number of ether oxygens (including phenoxy) is 1. The van der Waals surface area contributed by atoms with Crippen molar-refractivity contribution in [3.8, 4) is 16.2 Å². The van der Waals surface area contributed by atoms with Crippen molar-refractivity contribution in [2.45, 2.75) is 26.8 Å². The Hall–Kier alpha value is -1.32. The van der Waals surface area contributed by atoms with Gasteiger partial charge < -0.3 is 10.1 Å². The van der Waals surface area contributed by atoms with Gasteiger partial charge in [-0.25, -0.2) is 0 Å². The molecule has 0 atom stereocenters. The Morgan fingerprint density at radius 3 is 2.68 bits per heavy atom. The van der Waals surface area contributed by atoms with Gasteiger partial charge >= 0.3 is 0 Å². The molecule has 1 N–H and O–H groups in total. The highest BCUT2D eigenvalue weighted by atomic mass is 32.1. The maximum absolute atomic E-state index is 5.44. The number of hydrogen-bond acceptors (Lipinski definition) is 3. The van der Waals surface area contributed by atoms with Gasteiger partial charge in [0.15, 0.2) is 0 Å². The van der Waals surface area contributed by atoms with Crippen molar-refractivity contribution in [1.29, 1.82) is 0 Å². The monoisotopic (exact) mass is 275 g/mol. The molecule has 19 heavy (non-hydrogen) atoms. The molecule has 0 fully saturated rings. The molecule has 2 nitrogen and oxygen atoms in total. The summed E-state index contributed by atoms with van der Waals surface area (Å²) in [5.74, 6) is 0.959. The van der Waals surface area contributed by atoms with Crippen molar-refractivity contribution in [1.82, 2.24) is 5.32 Å². The SMILES string of the molecule is CCCNCc1cc(-c2ccc(C)s2)ccc1OC. The lowest BCUT2D eigenvalue weighted by Gasteiger charge is -2.11. The zero-order valence-electron chi connectivity index (χ0n) is 11.8.